The molecule has 7 unspecified atom stereocenters. The van der Waals surface area contributed by atoms with E-state index in [1.807, 2.05) is 0 Å². The fourth-order valence-electron chi connectivity index (χ4n) is 9.01. The van der Waals surface area contributed by atoms with Crippen molar-refractivity contribution in [3.05, 3.63) is 23.3 Å². The third-order valence-electron chi connectivity index (χ3n) is 10.8. The molecule has 7 aliphatic rings. The molecule has 3 heterocycles. The Bertz CT molecular complexity index is 1510. The van der Waals surface area contributed by atoms with Crippen LogP contribution in [0.5, 0.6) is 5.75 Å². The van der Waals surface area contributed by atoms with Crippen LogP contribution in [0.4, 0.5) is 0 Å². The Morgan fingerprint density at radius 3 is 2.12 bits per heavy atom. The molecule has 0 amide bonds. The first-order valence-corrected chi connectivity index (χ1v) is 16.6. The van der Waals surface area contributed by atoms with Gasteiger partial charge in [-0.1, -0.05) is 27.7 Å². The van der Waals surface area contributed by atoms with Crippen LogP contribution in [0.15, 0.2) is 17.0 Å². The molecule has 0 radical (unpaired) electrons. The number of Topliss-reactive ketones (excluding diaryl/α,β-unsaturated/α-hetero) is 1. The second-order valence-corrected chi connectivity index (χ2v) is 15.5. The largest absolute Gasteiger partial charge is 0.455 e. The molecule has 12 heteroatoms. The van der Waals surface area contributed by atoms with E-state index in [9.17, 15) is 32.1 Å². The fraction of sp³-hybridized carbons (Fsp3) is 0.677. The monoisotopic (exact) mass is 616 g/mol. The van der Waals surface area contributed by atoms with Gasteiger partial charge in [-0.15, -0.1) is 0 Å². The smallest absolute Gasteiger partial charge is 0.331 e. The van der Waals surface area contributed by atoms with E-state index in [2.05, 4.69) is 0 Å². The summed E-state index contributed by atoms with van der Waals surface area (Å²) in [5.41, 5.74) is -1.89. The molecule has 4 saturated carbocycles. The van der Waals surface area contributed by atoms with Gasteiger partial charge in [0.1, 0.15) is 28.6 Å². The molecular formula is C31H36O11S. The van der Waals surface area contributed by atoms with Crippen LogP contribution in [-0.4, -0.2) is 61.1 Å². The lowest BCUT2D eigenvalue weighted by atomic mass is 9.49. The van der Waals surface area contributed by atoms with Gasteiger partial charge in [0.25, 0.3) is 10.1 Å². The van der Waals surface area contributed by atoms with Gasteiger partial charge < -0.3 is 18.9 Å². The minimum Gasteiger partial charge on any atom is -0.455 e. The molecule has 7 fully saturated rings. The second kappa shape index (κ2) is 9.34. The van der Waals surface area contributed by atoms with Gasteiger partial charge in [-0.05, 0) is 73.1 Å². The van der Waals surface area contributed by atoms with E-state index in [1.165, 1.54) is 12.1 Å². The zero-order chi connectivity index (χ0) is 30.8. The summed E-state index contributed by atoms with van der Waals surface area (Å²) in [4.78, 5) is 53.0. The Hall–Kier alpha value is -2.83. The molecule has 6 bridgehead atoms. The average molecular weight is 617 g/mol. The SMILES string of the molecule is CC(C)c1cc(OC(=O)C23CC4OC2C(OC3=O)C4OC(=O)C23CC4CC(C2)C(=O)C(C4)C3)cc(C(C)C)c1S(=O)(=O)O. The summed E-state index contributed by atoms with van der Waals surface area (Å²) in [5, 5.41) is 0. The van der Waals surface area contributed by atoms with Gasteiger partial charge in [0.05, 0.1) is 5.41 Å². The Balaban J connectivity index is 1.12. The Labute approximate surface area is 249 Å². The number of hydrogen-bond donors (Lipinski definition) is 1. The first-order chi connectivity index (χ1) is 20.1. The number of benzene rings is 1. The van der Waals surface area contributed by atoms with Crippen LogP contribution in [0.1, 0.15) is 89.2 Å². The zero-order valence-electron chi connectivity index (χ0n) is 24.5. The molecule has 0 spiro atoms. The maximum absolute atomic E-state index is 13.7. The lowest BCUT2D eigenvalue weighted by molar-refractivity contribution is -0.185. The number of carbonyl (C=O) groups excluding carboxylic acids is 4. The minimum atomic E-state index is -4.57. The predicted octanol–water partition coefficient (Wildman–Crippen LogP) is 3.48. The van der Waals surface area contributed by atoms with Gasteiger partial charge in [0.2, 0.25) is 0 Å². The first-order valence-electron chi connectivity index (χ1n) is 15.1. The summed E-state index contributed by atoms with van der Waals surface area (Å²) in [6, 6.07) is 2.78. The number of rotatable bonds is 7. The molecule has 7 atom stereocenters. The van der Waals surface area contributed by atoms with Gasteiger partial charge >= 0.3 is 17.9 Å². The molecular weight excluding hydrogens is 580 g/mol. The van der Waals surface area contributed by atoms with E-state index in [0.29, 0.717) is 25.2 Å². The zero-order valence-corrected chi connectivity index (χ0v) is 25.3. The van der Waals surface area contributed by atoms with Crippen molar-refractivity contribution in [3.8, 4) is 5.75 Å². The van der Waals surface area contributed by atoms with Crippen molar-refractivity contribution >= 4 is 33.8 Å². The summed E-state index contributed by atoms with van der Waals surface area (Å²) in [6.45, 7) is 7.02. The maximum atomic E-state index is 13.7. The average Bonchev–Trinajstić information content (AvgIpc) is 3.52. The lowest BCUT2D eigenvalue weighted by Gasteiger charge is -2.54. The summed E-state index contributed by atoms with van der Waals surface area (Å²) in [7, 11) is -4.57. The Morgan fingerprint density at radius 2 is 1.56 bits per heavy atom. The van der Waals surface area contributed by atoms with Crippen LogP contribution in [0.2, 0.25) is 0 Å². The molecule has 11 nitrogen and oxygen atoms in total. The van der Waals surface area contributed by atoms with E-state index < -0.39 is 57.3 Å². The van der Waals surface area contributed by atoms with E-state index in [1.54, 1.807) is 27.7 Å². The fourth-order valence-corrected chi connectivity index (χ4v) is 10.2. The van der Waals surface area contributed by atoms with Gasteiger partial charge in [-0.3, -0.25) is 23.7 Å². The molecule has 4 aliphatic carbocycles. The normalized spacial score (nSPS) is 38.7. The van der Waals surface area contributed by atoms with Crippen LogP contribution < -0.4 is 4.74 Å². The molecule has 8 rings (SSSR count). The summed E-state index contributed by atoms with van der Waals surface area (Å²) in [5.74, 6) is -2.29. The molecule has 232 valence electrons. The number of ketones is 1. The standard InChI is InChI=1S/C31H36O11S/c1-13(2)19-7-18(8-20(14(3)4)25(19)43(36,37)38)39-28(34)31-12-21-23(24(26(31)40-21)42-29(31)35)41-27(33)30-9-15-5-16(10-30)22(32)17(6-15)11-30/h7-8,13-17,21,23-24,26H,5-6,9-12H2,1-4H3,(H,36,37,38). The highest BCUT2D eigenvalue weighted by molar-refractivity contribution is 7.86. The number of esters is 3. The molecule has 3 aliphatic heterocycles. The van der Waals surface area contributed by atoms with E-state index in [4.69, 9.17) is 18.9 Å². The van der Waals surface area contributed by atoms with Crippen molar-refractivity contribution in [2.75, 3.05) is 0 Å². The summed E-state index contributed by atoms with van der Waals surface area (Å²) in [6.07, 6.45) is -0.292. The first kappa shape index (κ1) is 28.9. The van der Waals surface area contributed by atoms with Gasteiger partial charge in [-0.2, -0.15) is 8.42 Å². The minimum absolute atomic E-state index is 0.0394. The van der Waals surface area contributed by atoms with Crippen molar-refractivity contribution in [3.63, 3.8) is 0 Å². The van der Waals surface area contributed by atoms with Crippen molar-refractivity contribution < 1.29 is 51.1 Å². The van der Waals surface area contributed by atoms with Crippen molar-refractivity contribution in [2.45, 2.75) is 107 Å². The molecule has 43 heavy (non-hydrogen) atoms. The molecule has 0 aromatic heterocycles. The van der Waals surface area contributed by atoms with E-state index in [-0.39, 0.29) is 63.6 Å². The predicted molar refractivity (Wildman–Crippen MR) is 147 cm³/mol. The highest BCUT2D eigenvalue weighted by Gasteiger charge is 2.77. The van der Waals surface area contributed by atoms with E-state index in [0.717, 1.165) is 12.8 Å². The van der Waals surface area contributed by atoms with Gasteiger partial charge in [0.15, 0.2) is 17.6 Å². The molecule has 3 saturated heterocycles. The molecule has 1 aromatic rings. The van der Waals surface area contributed by atoms with Crippen molar-refractivity contribution in [1.82, 2.24) is 0 Å². The summed E-state index contributed by atoms with van der Waals surface area (Å²) < 4.78 is 58.0. The topological polar surface area (TPSA) is 160 Å². The second-order valence-electron chi connectivity index (χ2n) is 14.1. The van der Waals surface area contributed by atoms with Crippen LogP contribution in [0.25, 0.3) is 0 Å². The van der Waals surface area contributed by atoms with E-state index >= 15 is 0 Å². The van der Waals surface area contributed by atoms with Gasteiger partial charge in [-0.25, -0.2) is 0 Å². The van der Waals surface area contributed by atoms with Crippen LogP contribution in [0, 0.1) is 28.6 Å². The summed E-state index contributed by atoms with van der Waals surface area (Å²) >= 11 is 0. The third-order valence-corrected chi connectivity index (χ3v) is 11.8. The van der Waals surface area contributed by atoms with Crippen LogP contribution in [-0.2, 0) is 43.5 Å². The lowest BCUT2D eigenvalue weighted by Crippen LogP contribution is -2.56. The van der Waals surface area contributed by atoms with Crippen LogP contribution in [0.3, 0.4) is 0 Å². The quantitative estimate of drug-likeness (QED) is 0.207. The van der Waals surface area contributed by atoms with Crippen molar-refractivity contribution in [1.29, 1.82) is 0 Å². The number of fused-ring (bicyclic) bond motifs is 1. The van der Waals surface area contributed by atoms with Crippen LogP contribution >= 0.6 is 0 Å². The van der Waals surface area contributed by atoms with Gasteiger partial charge in [0, 0.05) is 18.3 Å². The number of hydrogen-bond acceptors (Lipinski definition) is 10. The number of ether oxygens (including phenoxy) is 4. The van der Waals surface area contributed by atoms with Crippen molar-refractivity contribution in [2.24, 2.45) is 28.6 Å². The third kappa shape index (κ3) is 4.08. The molecule has 1 aromatic carbocycles. The Morgan fingerprint density at radius 1 is 0.953 bits per heavy atom. The highest BCUT2D eigenvalue weighted by atomic mass is 32.2. The highest BCUT2D eigenvalue weighted by Crippen LogP contribution is 2.61. The maximum Gasteiger partial charge on any atom is 0.331 e. The number of carbonyl (C=O) groups is 4. The molecule has 1 N–H and O–H groups in total. The Kier molecular flexibility index (Phi) is 6.28.